The first kappa shape index (κ1) is 36.2. The molecule has 0 amide bonds. The summed E-state index contributed by atoms with van der Waals surface area (Å²) in [5.41, 5.74) is 16.8. The normalized spacial score (nSPS) is 12.6. The standard InChI is InChI=1S/C59H38N2S/c1-4-15-43(16-5-1)58-60-54(42-33-29-40(30-34-42)39-27-31-41(32-28-39)47-23-14-24-50-49-22-11-13-26-56(49)62-57(47)50)38-55(61-58)44-35-36-53-51(37-44)48-21-10-12-25-52(48)59(53,45-17-6-2-7-18-45)46-19-8-3-9-20-46/h1-38H. The van der Waals surface area contributed by atoms with E-state index >= 15 is 0 Å². The zero-order valence-electron chi connectivity index (χ0n) is 33.7. The van der Waals surface area contributed by atoms with E-state index in [2.05, 4.69) is 212 Å². The van der Waals surface area contributed by atoms with Crippen LogP contribution in [0.4, 0.5) is 0 Å². The van der Waals surface area contributed by atoms with Crippen molar-refractivity contribution >= 4 is 31.5 Å². The fourth-order valence-electron chi connectivity index (χ4n) is 9.72. The molecule has 0 saturated heterocycles. The Morgan fingerprint density at radius 2 is 0.839 bits per heavy atom. The zero-order chi connectivity index (χ0) is 41.0. The van der Waals surface area contributed by atoms with Crippen molar-refractivity contribution in [3.63, 3.8) is 0 Å². The van der Waals surface area contributed by atoms with Gasteiger partial charge in [-0.05, 0) is 73.8 Å². The predicted octanol–water partition coefficient (Wildman–Crippen LogP) is 15.5. The Bertz CT molecular complexity index is 3390. The highest BCUT2D eigenvalue weighted by atomic mass is 32.1. The van der Waals surface area contributed by atoms with E-state index in [1.54, 1.807) is 0 Å². The molecule has 11 aromatic rings. The Balaban J connectivity index is 0.930. The molecule has 0 fully saturated rings. The summed E-state index contributed by atoms with van der Waals surface area (Å²) in [6.07, 6.45) is 0. The van der Waals surface area contributed by atoms with Gasteiger partial charge in [0.15, 0.2) is 5.82 Å². The second kappa shape index (κ2) is 14.8. The second-order valence-corrected chi connectivity index (χ2v) is 17.1. The molecule has 0 saturated carbocycles. The van der Waals surface area contributed by atoms with Crippen LogP contribution in [0.3, 0.4) is 0 Å². The summed E-state index contributed by atoms with van der Waals surface area (Å²) in [5, 5.41) is 2.64. The molecule has 3 heteroatoms. The van der Waals surface area contributed by atoms with Crippen LogP contribution in [0, 0.1) is 0 Å². The van der Waals surface area contributed by atoms with Gasteiger partial charge in [-0.1, -0.05) is 212 Å². The van der Waals surface area contributed by atoms with E-state index in [4.69, 9.17) is 9.97 Å². The lowest BCUT2D eigenvalue weighted by atomic mass is 9.67. The van der Waals surface area contributed by atoms with Crippen LogP contribution in [-0.2, 0) is 5.41 Å². The number of aromatic nitrogens is 2. The minimum atomic E-state index is -0.450. The molecule has 0 N–H and O–H groups in total. The molecule has 1 aliphatic rings. The molecule has 2 heterocycles. The van der Waals surface area contributed by atoms with Crippen LogP contribution in [0.2, 0.25) is 0 Å². The van der Waals surface area contributed by atoms with Crippen molar-refractivity contribution in [1.82, 2.24) is 9.97 Å². The van der Waals surface area contributed by atoms with Crippen molar-refractivity contribution in [1.29, 1.82) is 0 Å². The molecule has 0 spiro atoms. The maximum absolute atomic E-state index is 5.25. The lowest BCUT2D eigenvalue weighted by Gasteiger charge is -2.33. The largest absolute Gasteiger partial charge is 0.228 e. The molecule has 0 bridgehead atoms. The van der Waals surface area contributed by atoms with Gasteiger partial charge in [0, 0.05) is 36.9 Å². The van der Waals surface area contributed by atoms with Gasteiger partial charge in [-0.2, -0.15) is 0 Å². The molecule has 0 atom stereocenters. The predicted molar refractivity (Wildman–Crippen MR) is 259 cm³/mol. The Kier molecular flexibility index (Phi) is 8.62. The van der Waals surface area contributed by atoms with Crippen molar-refractivity contribution in [2.75, 3.05) is 0 Å². The Morgan fingerprint density at radius 1 is 0.323 bits per heavy atom. The molecular formula is C59H38N2S. The topological polar surface area (TPSA) is 25.8 Å². The van der Waals surface area contributed by atoms with Crippen LogP contribution < -0.4 is 0 Å². The average molecular weight is 807 g/mol. The van der Waals surface area contributed by atoms with Crippen molar-refractivity contribution in [3.05, 3.63) is 253 Å². The summed E-state index contributed by atoms with van der Waals surface area (Å²) in [6, 6.07) is 83.3. The van der Waals surface area contributed by atoms with E-state index in [9.17, 15) is 0 Å². The van der Waals surface area contributed by atoms with E-state index in [0.717, 1.165) is 33.6 Å². The maximum Gasteiger partial charge on any atom is 0.160 e. The number of nitrogens with zero attached hydrogens (tertiary/aromatic N) is 2. The summed E-state index contributed by atoms with van der Waals surface area (Å²) >= 11 is 1.87. The van der Waals surface area contributed by atoms with E-state index < -0.39 is 5.41 Å². The summed E-state index contributed by atoms with van der Waals surface area (Å²) in [5.74, 6) is 0.704. The summed E-state index contributed by atoms with van der Waals surface area (Å²) in [7, 11) is 0. The minimum Gasteiger partial charge on any atom is -0.228 e. The first-order valence-corrected chi connectivity index (χ1v) is 22.0. The Hall–Kier alpha value is -7.72. The van der Waals surface area contributed by atoms with Crippen molar-refractivity contribution in [2.24, 2.45) is 0 Å². The molecule has 290 valence electrons. The summed E-state index contributed by atoms with van der Waals surface area (Å²) < 4.78 is 2.66. The van der Waals surface area contributed by atoms with Gasteiger partial charge in [-0.3, -0.25) is 0 Å². The van der Waals surface area contributed by atoms with Gasteiger partial charge >= 0.3 is 0 Å². The number of fused-ring (bicyclic) bond motifs is 6. The van der Waals surface area contributed by atoms with Gasteiger partial charge in [0.1, 0.15) is 0 Å². The van der Waals surface area contributed by atoms with E-state index in [0.29, 0.717) is 5.82 Å². The Labute approximate surface area is 365 Å². The van der Waals surface area contributed by atoms with Crippen LogP contribution in [0.15, 0.2) is 231 Å². The molecule has 12 rings (SSSR count). The van der Waals surface area contributed by atoms with Crippen LogP contribution in [0.25, 0.3) is 87.5 Å². The van der Waals surface area contributed by atoms with Gasteiger partial charge in [0.25, 0.3) is 0 Å². The van der Waals surface area contributed by atoms with Gasteiger partial charge in [-0.25, -0.2) is 9.97 Å². The highest BCUT2D eigenvalue weighted by Gasteiger charge is 2.46. The SMILES string of the molecule is c1ccc(-c2nc(-c3ccc(-c4ccc(-c5cccc6c5sc5ccccc56)cc4)cc3)cc(-c3ccc4c(c3)-c3ccccc3C4(c3ccccc3)c3ccccc3)n2)cc1. The molecule has 62 heavy (non-hydrogen) atoms. The van der Waals surface area contributed by atoms with Crippen LogP contribution in [0.1, 0.15) is 22.3 Å². The smallest absolute Gasteiger partial charge is 0.160 e. The highest BCUT2D eigenvalue weighted by molar-refractivity contribution is 7.26. The molecule has 9 aromatic carbocycles. The van der Waals surface area contributed by atoms with Gasteiger partial charge in [0.2, 0.25) is 0 Å². The van der Waals surface area contributed by atoms with Gasteiger partial charge in [-0.15, -0.1) is 11.3 Å². The van der Waals surface area contributed by atoms with E-state index in [-0.39, 0.29) is 0 Å². The first-order chi connectivity index (χ1) is 30.7. The molecule has 0 radical (unpaired) electrons. The fourth-order valence-corrected chi connectivity index (χ4v) is 11.0. The third-order valence-electron chi connectivity index (χ3n) is 12.6. The summed E-state index contributed by atoms with van der Waals surface area (Å²) in [6.45, 7) is 0. The highest BCUT2D eigenvalue weighted by Crippen LogP contribution is 2.56. The minimum absolute atomic E-state index is 0.450. The lowest BCUT2D eigenvalue weighted by Crippen LogP contribution is -2.28. The van der Waals surface area contributed by atoms with E-state index in [1.807, 2.05) is 29.5 Å². The quantitative estimate of drug-likeness (QED) is 0.160. The monoisotopic (exact) mass is 806 g/mol. The maximum atomic E-state index is 5.25. The number of hydrogen-bond acceptors (Lipinski definition) is 3. The first-order valence-electron chi connectivity index (χ1n) is 21.1. The van der Waals surface area contributed by atoms with Crippen molar-refractivity contribution < 1.29 is 0 Å². The third kappa shape index (κ3) is 5.85. The summed E-state index contributed by atoms with van der Waals surface area (Å²) in [4.78, 5) is 10.4. The molecular weight excluding hydrogens is 769 g/mol. The number of rotatable bonds is 7. The Morgan fingerprint density at radius 3 is 1.55 bits per heavy atom. The van der Waals surface area contributed by atoms with Crippen molar-refractivity contribution in [2.45, 2.75) is 5.41 Å². The number of benzene rings is 9. The lowest BCUT2D eigenvalue weighted by molar-refractivity contribution is 0.768. The zero-order valence-corrected chi connectivity index (χ0v) is 34.6. The number of thiophene rings is 1. The van der Waals surface area contributed by atoms with Gasteiger partial charge < -0.3 is 0 Å². The second-order valence-electron chi connectivity index (χ2n) is 16.1. The molecule has 0 aliphatic heterocycles. The van der Waals surface area contributed by atoms with Crippen LogP contribution in [-0.4, -0.2) is 9.97 Å². The molecule has 1 aliphatic carbocycles. The molecule has 2 nitrogen and oxygen atoms in total. The van der Waals surface area contributed by atoms with Crippen LogP contribution >= 0.6 is 11.3 Å². The van der Waals surface area contributed by atoms with E-state index in [1.165, 1.54) is 70.2 Å². The third-order valence-corrected chi connectivity index (χ3v) is 13.8. The fraction of sp³-hybridized carbons (Fsp3) is 0.0169. The molecule has 2 aromatic heterocycles. The average Bonchev–Trinajstić information content (AvgIpc) is 3.89. The van der Waals surface area contributed by atoms with Crippen LogP contribution in [0.5, 0.6) is 0 Å². The molecule has 0 unspecified atom stereocenters. The van der Waals surface area contributed by atoms with Gasteiger partial charge in [0.05, 0.1) is 16.8 Å². The van der Waals surface area contributed by atoms with Crippen molar-refractivity contribution in [3.8, 4) is 67.3 Å². The number of hydrogen-bond donors (Lipinski definition) is 0.